The first-order valence-electron chi connectivity index (χ1n) is 9.64. The van der Waals surface area contributed by atoms with Gasteiger partial charge in [0.15, 0.2) is 0 Å². The second-order valence-corrected chi connectivity index (χ2v) is 8.78. The highest BCUT2D eigenvalue weighted by Crippen LogP contribution is 2.28. The van der Waals surface area contributed by atoms with Crippen LogP contribution in [0.25, 0.3) is 0 Å². The molecule has 0 heterocycles. The highest BCUT2D eigenvalue weighted by Gasteiger charge is 2.11. The molecule has 0 fully saturated rings. The van der Waals surface area contributed by atoms with Crippen molar-refractivity contribution in [3.63, 3.8) is 0 Å². The van der Waals surface area contributed by atoms with Crippen LogP contribution in [0, 0.1) is 0 Å². The van der Waals surface area contributed by atoms with Crippen LogP contribution in [0.1, 0.15) is 30.0 Å². The largest absolute Gasteiger partial charge is 0.488 e. The summed E-state index contributed by atoms with van der Waals surface area (Å²) < 4.78 is 7.09. The van der Waals surface area contributed by atoms with Crippen molar-refractivity contribution < 1.29 is 4.74 Å². The van der Waals surface area contributed by atoms with Crippen LogP contribution in [0.15, 0.2) is 71.2 Å². The van der Waals surface area contributed by atoms with Crippen LogP contribution in [0.3, 0.4) is 0 Å². The van der Waals surface area contributed by atoms with E-state index in [-0.39, 0.29) is 0 Å². The van der Waals surface area contributed by atoms with Gasteiger partial charge in [-0.25, -0.2) is 0 Å². The Hall–Kier alpha value is -1.52. The lowest BCUT2D eigenvalue weighted by Crippen LogP contribution is -2.26. The van der Waals surface area contributed by atoms with Crippen molar-refractivity contribution in [2.75, 3.05) is 0 Å². The van der Waals surface area contributed by atoms with Crippen LogP contribution >= 0.6 is 39.1 Å². The van der Waals surface area contributed by atoms with Gasteiger partial charge in [-0.15, -0.1) is 0 Å². The van der Waals surface area contributed by atoms with Crippen LogP contribution in [-0.2, 0) is 19.6 Å². The van der Waals surface area contributed by atoms with Crippen LogP contribution in [-0.4, -0.2) is 6.04 Å². The van der Waals surface area contributed by atoms with Gasteiger partial charge in [0.05, 0.1) is 0 Å². The van der Waals surface area contributed by atoms with E-state index in [1.165, 1.54) is 5.56 Å². The molecule has 0 bridgehead atoms. The molecular formula is C24H24BrCl2NO. The molecule has 0 spiro atoms. The number of halogens is 3. The molecule has 2 nitrogen and oxygen atoms in total. The molecule has 5 heteroatoms. The molecule has 0 aliphatic heterocycles. The third-order valence-corrected chi connectivity index (χ3v) is 6.01. The molecule has 29 heavy (non-hydrogen) atoms. The van der Waals surface area contributed by atoms with Gasteiger partial charge in [-0.3, -0.25) is 0 Å². The van der Waals surface area contributed by atoms with E-state index in [1.807, 2.05) is 30.3 Å². The Morgan fingerprint density at radius 2 is 1.69 bits per heavy atom. The fourth-order valence-corrected chi connectivity index (χ4v) is 3.98. The second kappa shape index (κ2) is 11.0. The fraction of sp³-hybridized carbons (Fsp3) is 0.250. The molecule has 152 valence electrons. The molecule has 0 aliphatic rings. The zero-order chi connectivity index (χ0) is 20.6. The molecule has 1 N–H and O–H groups in total. The summed E-state index contributed by atoms with van der Waals surface area (Å²) in [5, 5.41) is 4.83. The number of benzene rings is 3. The predicted octanol–water partition coefficient (Wildman–Crippen LogP) is 7.45. The molecule has 0 amide bonds. The van der Waals surface area contributed by atoms with E-state index < -0.39 is 0 Å². The molecule has 3 aromatic rings. The first kappa shape index (κ1) is 22.2. The minimum atomic E-state index is 0.330. The maximum absolute atomic E-state index is 6.26. The topological polar surface area (TPSA) is 21.3 Å². The zero-order valence-corrected chi connectivity index (χ0v) is 19.4. The fourth-order valence-electron chi connectivity index (χ4n) is 3.06. The summed E-state index contributed by atoms with van der Waals surface area (Å²) in [5.74, 6) is 0.826. The van der Waals surface area contributed by atoms with Gasteiger partial charge in [-0.2, -0.15) is 0 Å². The van der Waals surface area contributed by atoms with Crippen molar-refractivity contribution in [2.24, 2.45) is 0 Å². The second-order valence-electron chi connectivity index (χ2n) is 7.05. The Balaban J connectivity index is 1.59. The first-order valence-corrected chi connectivity index (χ1v) is 11.2. The molecule has 0 saturated carbocycles. The molecule has 0 aliphatic carbocycles. The van der Waals surface area contributed by atoms with Crippen LogP contribution in [0.4, 0.5) is 0 Å². The molecule has 3 rings (SSSR count). The average Bonchev–Trinajstić information content (AvgIpc) is 2.72. The number of rotatable bonds is 9. The lowest BCUT2D eigenvalue weighted by molar-refractivity contribution is 0.301. The van der Waals surface area contributed by atoms with Gasteiger partial charge in [0.2, 0.25) is 0 Å². The van der Waals surface area contributed by atoms with Gasteiger partial charge in [0, 0.05) is 38.2 Å². The Bertz CT molecular complexity index is 913. The molecule has 1 atom stereocenters. The quantitative estimate of drug-likeness (QED) is 0.335. The summed E-state index contributed by atoms with van der Waals surface area (Å²) in [6, 6.07) is 22.5. The normalized spacial score (nSPS) is 12.0. The lowest BCUT2D eigenvalue weighted by Gasteiger charge is -2.17. The van der Waals surface area contributed by atoms with E-state index in [0.29, 0.717) is 22.7 Å². The molecule has 0 aromatic heterocycles. The summed E-state index contributed by atoms with van der Waals surface area (Å²) in [4.78, 5) is 0. The highest BCUT2D eigenvalue weighted by molar-refractivity contribution is 9.10. The summed E-state index contributed by atoms with van der Waals surface area (Å²) in [7, 11) is 0. The SMILES string of the molecule is CC(CCc1ccccc1)NCc1cc(Br)ccc1OCc1c(Cl)cccc1Cl. The van der Waals surface area contributed by atoms with Crippen molar-refractivity contribution in [2.45, 2.75) is 39.0 Å². The van der Waals surface area contributed by atoms with Gasteiger partial charge in [-0.1, -0.05) is 75.5 Å². The van der Waals surface area contributed by atoms with E-state index in [1.54, 1.807) is 0 Å². The van der Waals surface area contributed by atoms with E-state index in [4.69, 9.17) is 27.9 Å². The Morgan fingerprint density at radius 1 is 0.966 bits per heavy atom. The highest BCUT2D eigenvalue weighted by atomic mass is 79.9. The monoisotopic (exact) mass is 491 g/mol. The maximum Gasteiger partial charge on any atom is 0.124 e. The zero-order valence-electron chi connectivity index (χ0n) is 16.3. The van der Waals surface area contributed by atoms with Gasteiger partial charge in [0.25, 0.3) is 0 Å². The average molecular weight is 493 g/mol. The smallest absolute Gasteiger partial charge is 0.124 e. The summed E-state index contributed by atoms with van der Waals surface area (Å²) in [5.41, 5.74) is 3.26. The van der Waals surface area contributed by atoms with Gasteiger partial charge in [-0.05, 0) is 55.7 Å². The number of aryl methyl sites for hydroxylation is 1. The van der Waals surface area contributed by atoms with E-state index in [9.17, 15) is 0 Å². The first-order chi connectivity index (χ1) is 14.0. The predicted molar refractivity (Wildman–Crippen MR) is 126 cm³/mol. The van der Waals surface area contributed by atoms with E-state index >= 15 is 0 Å². The molecule has 0 saturated heterocycles. The molecule has 0 radical (unpaired) electrons. The molecule has 3 aromatic carbocycles. The Kier molecular flexibility index (Phi) is 8.43. The lowest BCUT2D eigenvalue weighted by atomic mass is 10.1. The maximum atomic E-state index is 6.26. The van der Waals surface area contributed by atoms with Crippen molar-refractivity contribution in [1.29, 1.82) is 0 Å². The van der Waals surface area contributed by atoms with E-state index in [2.05, 4.69) is 64.6 Å². The van der Waals surface area contributed by atoms with Crippen molar-refractivity contribution in [1.82, 2.24) is 5.32 Å². The van der Waals surface area contributed by atoms with E-state index in [0.717, 1.165) is 40.7 Å². The van der Waals surface area contributed by atoms with Crippen molar-refractivity contribution >= 4 is 39.1 Å². The van der Waals surface area contributed by atoms with Gasteiger partial charge < -0.3 is 10.1 Å². The minimum absolute atomic E-state index is 0.330. The Labute approximate surface area is 191 Å². The van der Waals surface area contributed by atoms with Gasteiger partial charge >= 0.3 is 0 Å². The van der Waals surface area contributed by atoms with Crippen LogP contribution in [0.5, 0.6) is 5.75 Å². The molecule has 1 unspecified atom stereocenters. The third kappa shape index (κ3) is 6.75. The standard InChI is InChI=1S/C24H24BrCl2NO/c1-17(10-11-18-6-3-2-4-7-18)28-15-19-14-20(25)12-13-24(19)29-16-21-22(26)8-5-9-23(21)27/h2-9,12-14,17,28H,10-11,15-16H2,1H3. The summed E-state index contributed by atoms with van der Waals surface area (Å²) >= 11 is 16.1. The van der Waals surface area contributed by atoms with Crippen LogP contribution in [0.2, 0.25) is 10.0 Å². The Morgan fingerprint density at radius 3 is 2.41 bits per heavy atom. The van der Waals surface area contributed by atoms with Crippen molar-refractivity contribution in [3.8, 4) is 5.75 Å². The summed E-state index contributed by atoms with van der Waals surface area (Å²) in [6.07, 6.45) is 2.13. The third-order valence-electron chi connectivity index (χ3n) is 4.81. The van der Waals surface area contributed by atoms with Gasteiger partial charge in [0.1, 0.15) is 12.4 Å². The van der Waals surface area contributed by atoms with Crippen LogP contribution < -0.4 is 10.1 Å². The number of nitrogens with one attached hydrogen (secondary N) is 1. The number of hydrogen-bond donors (Lipinski definition) is 1. The number of hydrogen-bond acceptors (Lipinski definition) is 2. The van der Waals surface area contributed by atoms with Crippen molar-refractivity contribution in [3.05, 3.63) is 97.9 Å². The summed E-state index contributed by atoms with van der Waals surface area (Å²) in [6.45, 7) is 3.27. The minimum Gasteiger partial charge on any atom is -0.488 e. The molecular weight excluding hydrogens is 469 g/mol. The number of ether oxygens (including phenoxy) is 1.